The summed E-state index contributed by atoms with van der Waals surface area (Å²) in [6, 6.07) is 0. The van der Waals surface area contributed by atoms with E-state index in [1.165, 1.54) is 25.7 Å². The molecule has 0 aromatic rings. The smallest absolute Gasteiger partial charge is 0.191 e. The summed E-state index contributed by atoms with van der Waals surface area (Å²) in [7, 11) is 3.50. The largest absolute Gasteiger partial charge is 0.383 e. The summed E-state index contributed by atoms with van der Waals surface area (Å²) in [5.74, 6) is 0.857. The Morgan fingerprint density at radius 2 is 1.94 bits per heavy atom. The lowest BCUT2D eigenvalue weighted by molar-refractivity contribution is 0.203. The minimum absolute atomic E-state index is 0.314. The van der Waals surface area contributed by atoms with Crippen molar-refractivity contribution in [1.82, 2.24) is 10.6 Å². The second-order valence-corrected chi connectivity index (χ2v) is 5.47. The number of unbranched alkanes of at least 4 members (excludes halogenated alkanes) is 2. The fourth-order valence-corrected chi connectivity index (χ4v) is 1.76. The van der Waals surface area contributed by atoms with Crippen molar-refractivity contribution in [3.05, 3.63) is 0 Å². The van der Waals surface area contributed by atoms with Crippen molar-refractivity contribution in [3.8, 4) is 0 Å². The topological polar surface area (TPSA) is 45.7 Å². The van der Waals surface area contributed by atoms with Gasteiger partial charge in [0, 0.05) is 27.2 Å². The zero-order chi connectivity index (χ0) is 13.9. The highest BCUT2D eigenvalue weighted by Gasteiger charge is 2.17. The summed E-state index contributed by atoms with van der Waals surface area (Å²) >= 11 is 0. The van der Waals surface area contributed by atoms with Gasteiger partial charge >= 0.3 is 0 Å². The molecule has 0 bridgehead atoms. The molecule has 4 nitrogen and oxygen atoms in total. The number of nitrogens with zero attached hydrogens (tertiary/aromatic N) is 1. The lowest BCUT2D eigenvalue weighted by Gasteiger charge is -2.26. The molecule has 0 heterocycles. The van der Waals surface area contributed by atoms with E-state index in [2.05, 4.69) is 36.4 Å². The summed E-state index contributed by atoms with van der Waals surface area (Å²) in [6.45, 7) is 9.28. The molecular weight excluding hydrogens is 226 g/mol. The van der Waals surface area contributed by atoms with Gasteiger partial charge in [0.25, 0.3) is 0 Å². The zero-order valence-corrected chi connectivity index (χ0v) is 12.8. The summed E-state index contributed by atoms with van der Waals surface area (Å²) in [5.41, 5.74) is 0.314. The van der Waals surface area contributed by atoms with Crippen LogP contribution in [0.5, 0.6) is 0 Å². The van der Waals surface area contributed by atoms with Gasteiger partial charge < -0.3 is 15.4 Å². The fraction of sp³-hybridized carbons (Fsp3) is 0.929. The second kappa shape index (κ2) is 10.2. The van der Waals surface area contributed by atoms with Crippen LogP contribution in [0.15, 0.2) is 4.99 Å². The van der Waals surface area contributed by atoms with Crippen molar-refractivity contribution in [2.45, 2.75) is 46.5 Å². The average molecular weight is 257 g/mol. The van der Waals surface area contributed by atoms with Crippen LogP contribution in [0.2, 0.25) is 0 Å². The highest BCUT2D eigenvalue weighted by Crippen LogP contribution is 2.22. The van der Waals surface area contributed by atoms with Gasteiger partial charge in [-0.15, -0.1) is 0 Å². The summed E-state index contributed by atoms with van der Waals surface area (Å²) in [5, 5.41) is 6.60. The van der Waals surface area contributed by atoms with Crippen LogP contribution in [-0.4, -0.2) is 39.8 Å². The van der Waals surface area contributed by atoms with Gasteiger partial charge in [0.15, 0.2) is 5.96 Å². The van der Waals surface area contributed by atoms with Gasteiger partial charge in [-0.3, -0.25) is 4.99 Å². The number of ether oxygens (including phenoxy) is 1. The Balaban J connectivity index is 3.87. The molecule has 108 valence electrons. The number of hydrogen-bond donors (Lipinski definition) is 2. The Labute approximate surface area is 113 Å². The van der Waals surface area contributed by atoms with Crippen molar-refractivity contribution < 1.29 is 4.74 Å². The highest BCUT2D eigenvalue weighted by atomic mass is 16.5. The molecule has 0 unspecified atom stereocenters. The third-order valence-corrected chi connectivity index (χ3v) is 3.01. The summed E-state index contributed by atoms with van der Waals surface area (Å²) < 4.78 is 5.00. The van der Waals surface area contributed by atoms with E-state index in [9.17, 15) is 0 Å². The van der Waals surface area contributed by atoms with Crippen LogP contribution in [0.3, 0.4) is 0 Å². The first-order valence-corrected chi connectivity index (χ1v) is 6.99. The average Bonchev–Trinajstić information content (AvgIpc) is 2.34. The lowest BCUT2D eigenvalue weighted by atomic mass is 9.87. The van der Waals surface area contributed by atoms with Crippen LogP contribution in [0.1, 0.15) is 46.5 Å². The Bertz CT molecular complexity index is 227. The van der Waals surface area contributed by atoms with Crippen molar-refractivity contribution in [2.75, 3.05) is 33.9 Å². The van der Waals surface area contributed by atoms with Gasteiger partial charge in [-0.2, -0.15) is 0 Å². The van der Waals surface area contributed by atoms with E-state index in [1.807, 2.05) is 0 Å². The maximum Gasteiger partial charge on any atom is 0.191 e. The van der Waals surface area contributed by atoms with Crippen molar-refractivity contribution in [2.24, 2.45) is 10.4 Å². The molecule has 2 N–H and O–H groups in total. The molecule has 0 aromatic heterocycles. The standard InChI is InChI=1S/C14H31N3O/c1-6-7-8-9-14(2,3)12-17-13(15-4)16-10-11-18-5/h6-12H2,1-5H3,(H2,15,16,17). The molecule has 0 radical (unpaired) electrons. The Morgan fingerprint density at radius 3 is 2.50 bits per heavy atom. The number of methoxy groups -OCH3 is 1. The minimum atomic E-state index is 0.314. The molecular formula is C14H31N3O. The van der Waals surface area contributed by atoms with Crippen molar-refractivity contribution in [1.29, 1.82) is 0 Å². The quantitative estimate of drug-likeness (QED) is 0.379. The molecule has 0 saturated heterocycles. The van der Waals surface area contributed by atoms with Crippen LogP contribution >= 0.6 is 0 Å². The Kier molecular flexibility index (Phi) is 9.74. The summed E-state index contributed by atoms with van der Waals surface area (Å²) in [4.78, 5) is 4.20. The zero-order valence-electron chi connectivity index (χ0n) is 12.8. The van der Waals surface area contributed by atoms with Crippen molar-refractivity contribution in [3.63, 3.8) is 0 Å². The molecule has 4 heteroatoms. The van der Waals surface area contributed by atoms with E-state index < -0.39 is 0 Å². The normalized spacial score (nSPS) is 12.6. The van der Waals surface area contributed by atoms with Crippen LogP contribution in [0, 0.1) is 5.41 Å². The number of guanidine groups is 1. The van der Waals surface area contributed by atoms with Gasteiger partial charge in [-0.05, 0) is 11.8 Å². The molecule has 0 spiro atoms. The molecule has 0 aromatic carbocycles. The molecule has 0 rings (SSSR count). The van der Waals surface area contributed by atoms with Crippen molar-refractivity contribution >= 4 is 5.96 Å². The van der Waals surface area contributed by atoms with Crippen LogP contribution in [0.25, 0.3) is 0 Å². The third-order valence-electron chi connectivity index (χ3n) is 3.01. The highest BCUT2D eigenvalue weighted by molar-refractivity contribution is 5.79. The maximum absolute atomic E-state index is 5.00. The van der Waals surface area contributed by atoms with Gasteiger partial charge in [0.1, 0.15) is 0 Å². The van der Waals surface area contributed by atoms with E-state index in [4.69, 9.17) is 4.74 Å². The molecule has 0 aliphatic heterocycles. The molecule has 0 saturated carbocycles. The monoisotopic (exact) mass is 257 g/mol. The Morgan fingerprint density at radius 1 is 1.22 bits per heavy atom. The van der Waals surface area contributed by atoms with E-state index in [0.717, 1.165) is 19.0 Å². The van der Waals surface area contributed by atoms with E-state index in [1.54, 1.807) is 14.2 Å². The number of nitrogens with one attached hydrogen (secondary N) is 2. The first kappa shape index (κ1) is 17.2. The Hall–Kier alpha value is -0.770. The predicted octanol–water partition coefficient (Wildman–Crippen LogP) is 2.40. The summed E-state index contributed by atoms with van der Waals surface area (Å²) in [6.07, 6.45) is 5.16. The van der Waals surface area contributed by atoms with Crippen LogP contribution in [0.4, 0.5) is 0 Å². The number of rotatable bonds is 9. The van der Waals surface area contributed by atoms with Crippen LogP contribution < -0.4 is 10.6 Å². The lowest BCUT2D eigenvalue weighted by Crippen LogP contribution is -2.43. The first-order valence-electron chi connectivity index (χ1n) is 6.99. The third kappa shape index (κ3) is 9.28. The number of hydrogen-bond acceptors (Lipinski definition) is 2. The minimum Gasteiger partial charge on any atom is -0.383 e. The molecule has 0 atom stereocenters. The molecule has 0 aliphatic rings. The molecule has 18 heavy (non-hydrogen) atoms. The van der Waals surface area contributed by atoms with Crippen LogP contribution in [-0.2, 0) is 4.74 Å². The van der Waals surface area contributed by atoms with Gasteiger partial charge in [-0.25, -0.2) is 0 Å². The van der Waals surface area contributed by atoms with Gasteiger partial charge in [0.2, 0.25) is 0 Å². The SMILES string of the molecule is CCCCCC(C)(C)CNC(=NC)NCCOC. The fourth-order valence-electron chi connectivity index (χ4n) is 1.76. The second-order valence-electron chi connectivity index (χ2n) is 5.47. The van der Waals surface area contributed by atoms with Gasteiger partial charge in [0.05, 0.1) is 6.61 Å². The molecule has 0 amide bonds. The van der Waals surface area contributed by atoms with E-state index in [-0.39, 0.29) is 0 Å². The number of aliphatic imine (C=N–C) groups is 1. The first-order chi connectivity index (χ1) is 8.55. The molecule has 0 aliphatic carbocycles. The molecule has 0 fully saturated rings. The van der Waals surface area contributed by atoms with E-state index >= 15 is 0 Å². The van der Waals surface area contributed by atoms with E-state index in [0.29, 0.717) is 12.0 Å². The maximum atomic E-state index is 5.00. The van der Waals surface area contributed by atoms with Gasteiger partial charge in [-0.1, -0.05) is 40.0 Å². The predicted molar refractivity (Wildman–Crippen MR) is 79.2 cm³/mol.